The highest BCUT2D eigenvalue weighted by molar-refractivity contribution is 5.86. The fourth-order valence-electron chi connectivity index (χ4n) is 2.72. The summed E-state index contributed by atoms with van der Waals surface area (Å²) in [5, 5.41) is 11.3. The van der Waals surface area contributed by atoms with E-state index in [2.05, 4.69) is 39.0 Å². The van der Waals surface area contributed by atoms with E-state index in [1.165, 1.54) is 0 Å². The van der Waals surface area contributed by atoms with Crippen LogP contribution in [0.25, 0.3) is 10.9 Å². The highest BCUT2D eigenvalue weighted by atomic mass is 16.5. The molecule has 124 valence electrons. The zero-order valence-corrected chi connectivity index (χ0v) is 13.6. The number of fused-ring (bicyclic) bond motifs is 1. The number of anilines is 1. The van der Waals surface area contributed by atoms with E-state index in [0.717, 1.165) is 40.8 Å². The summed E-state index contributed by atoms with van der Waals surface area (Å²) in [4.78, 5) is 15.4. The zero-order valence-electron chi connectivity index (χ0n) is 13.6. The maximum absolute atomic E-state index is 12.0. The lowest BCUT2D eigenvalue weighted by molar-refractivity contribution is -0.125. The lowest BCUT2D eigenvalue weighted by Gasteiger charge is -2.08. The van der Waals surface area contributed by atoms with Gasteiger partial charge in [0, 0.05) is 28.4 Å². The topological polar surface area (TPSA) is 82.9 Å². The predicted octanol–water partition coefficient (Wildman–Crippen LogP) is 3.18. The third kappa shape index (κ3) is 2.99. The first-order chi connectivity index (χ1) is 11.6. The van der Waals surface area contributed by atoms with Gasteiger partial charge in [-0.15, -0.1) is 0 Å². The number of benzene rings is 1. The summed E-state index contributed by atoms with van der Waals surface area (Å²) < 4.78 is 4.82. The second kappa shape index (κ2) is 5.70. The fraction of sp³-hybridized carbons (Fsp3) is 0.333. The largest absolute Gasteiger partial charge is 0.379 e. The van der Waals surface area contributed by atoms with Crippen LogP contribution in [-0.2, 0) is 17.9 Å². The van der Waals surface area contributed by atoms with Crippen molar-refractivity contribution >= 4 is 22.5 Å². The number of aromatic amines is 1. The van der Waals surface area contributed by atoms with Crippen LogP contribution in [0.3, 0.4) is 0 Å². The number of carbonyl (C=O) groups is 1. The second-order valence-corrected chi connectivity index (χ2v) is 6.68. The molecule has 1 fully saturated rings. The number of rotatable bonds is 6. The second-order valence-electron chi connectivity index (χ2n) is 6.68. The molecule has 1 aromatic carbocycles. The minimum atomic E-state index is -0.135. The highest BCUT2D eigenvalue weighted by Gasteiger charge is 2.44. The number of carbonyl (C=O) groups excluding carboxylic acids is 1. The van der Waals surface area contributed by atoms with Crippen LogP contribution in [0.15, 0.2) is 41.1 Å². The molecule has 0 atom stereocenters. The Morgan fingerprint density at radius 2 is 2.17 bits per heavy atom. The van der Waals surface area contributed by atoms with Gasteiger partial charge < -0.3 is 20.1 Å². The van der Waals surface area contributed by atoms with Gasteiger partial charge >= 0.3 is 0 Å². The molecule has 2 aromatic heterocycles. The molecule has 1 amide bonds. The van der Waals surface area contributed by atoms with Gasteiger partial charge in [-0.1, -0.05) is 18.1 Å². The molecule has 0 spiro atoms. The van der Waals surface area contributed by atoms with Gasteiger partial charge in [0.2, 0.25) is 5.91 Å². The highest BCUT2D eigenvalue weighted by Crippen LogP contribution is 2.45. The summed E-state index contributed by atoms with van der Waals surface area (Å²) in [6.45, 7) is 3.16. The van der Waals surface area contributed by atoms with Crippen molar-refractivity contribution in [2.75, 3.05) is 5.32 Å². The summed E-state index contributed by atoms with van der Waals surface area (Å²) in [6, 6.07) is 10.1. The van der Waals surface area contributed by atoms with Gasteiger partial charge in [0.1, 0.15) is 12.0 Å². The van der Waals surface area contributed by atoms with Gasteiger partial charge in [-0.25, -0.2) is 0 Å². The SMILES string of the molecule is CC1(C(=O)NCc2cc3ccc(NCc4ccon4)cc3[nH]2)CC1. The summed E-state index contributed by atoms with van der Waals surface area (Å²) in [5.74, 6) is 0.149. The average molecular weight is 324 g/mol. The van der Waals surface area contributed by atoms with Crippen LogP contribution in [0, 0.1) is 5.41 Å². The van der Waals surface area contributed by atoms with Crippen molar-refractivity contribution in [3.63, 3.8) is 0 Å². The lowest BCUT2D eigenvalue weighted by Crippen LogP contribution is -2.29. The van der Waals surface area contributed by atoms with E-state index in [0.29, 0.717) is 13.1 Å². The molecule has 0 saturated heterocycles. The summed E-state index contributed by atoms with van der Waals surface area (Å²) in [6.07, 6.45) is 3.55. The Hall–Kier alpha value is -2.76. The van der Waals surface area contributed by atoms with Crippen LogP contribution >= 0.6 is 0 Å². The molecule has 6 heteroatoms. The first kappa shape index (κ1) is 14.8. The quantitative estimate of drug-likeness (QED) is 0.650. The molecule has 3 aromatic rings. The Kier molecular flexibility index (Phi) is 3.52. The van der Waals surface area contributed by atoms with Crippen LogP contribution in [0.2, 0.25) is 0 Å². The van der Waals surface area contributed by atoms with Crippen molar-refractivity contribution in [1.29, 1.82) is 0 Å². The first-order valence-electron chi connectivity index (χ1n) is 8.15. The number of nitrogens with one attached hydrogen (secondary N) is 3. The number of H-pyrrole nitrogens is 1. The van der Waals surface area contributed by atoms with Crippen molar-refractivity contribution in [2.24, 2.45) is 5.41 Å². The number of hydrogen-bond donors (Lipinski definition) is 3. The molecule has 0 unspecified atom stereocenters. The Morgan fingerprint density at radius 3 is 2.92 bits per heavy atom. The zero-order chi connectivity index (χ0) is 16.6. The van der Waals surface area contributed by atoms with E-state index < -0.39 is 0 Å². The van der Waals surface area contributed by atoms with Crippen molar-refractivity contribution in [3.05, 3.63) is 48.0 Å². The van der Waals surface area contributed by atoms with Gasteiger partial charge in [-0.05, 0) is 36.4 Å². The molecule has 0 bridgehead atoms. The minimum absolute atomic E-state index is 0.135. The molecule has 4 rings (SSSR count). The third-order valence-electron chi connectivity index (χ3n) is 4.63. The molecule has 1 aliphatic rings. The van der Waals surface area contributed by atoms with Crippen LogP contribution in [0.1, 0.15) is 31.2 Å². The molecule has 6 nitrogen and oxygen atoms in total. The fourth-order valence-corrected chi connectivity index (χ4v) is 2.72. The molecule has 3 N–H and O–H groups in total. The third-order valence-corrected chi connectivity index (χ3v) is 4.63. The molecule has 2 heterocycles. The van der Waals surface area contributed by atoms with Gasteiger partial charge in [0.25, 0.3) is 0 Å². The molecule has 0 aliphatic heterocycles. The first-order valence-corrected chi connectivity index (χ1v) is 8.15. The van der Waals surface area contributed by atoms with E-state index in [1.54, 1.807) is 6.26 Å². The van der Waals surface area contributed by atoms with E-state index in [1.807, 2.05) is 19.1 Å². The normalized spacial score (nSPS) is 15.4. The summed E-state index contributed by atoms with van der Waals surface area (Å²) in [7, 11) is 0. The maximum atomic E-state index is 12.0. The van der Waals surface area contributed by atoms with Crippen molar-refractivity contribution in [1.82, 2.24) is 15.5 Å². The van der Waals surface area contributed by atoms with Gasteiger partial charge in [0.15, 0.2) is 0 Å². The predicted molar refractivity (Wildman–Crippen MR) is 91.3 cm³/mol. The average Bonchev–Trinajstić information content (AvgIpc) is 3.03. The van der Waals surface area contributed by atoms with Gasteiger partial charge in [-0.3, -0.25) is 4.79 Å². The Bertz CT molecular complexity index is 862. The van der Waals surface area contributed by atoms with Crippen molar-refractivity contribution in [2.45, 2.75) is 32.9 Å². The molecular formula is C18H20N4O2. The Labute approximate surface area is 139 Å². The maximum Gasteiger partial charge on any atom is 0.226 e. The Morgan fingerprint density at radius 1 is 1.29 bits per heavy atom. The lowest BCUT2D eigenvalue weighted by atomic mass is 10.1. The smallest absolute Gasteiger partial charge is 0.226 e. The standard InChI is InChI=1S/C18H20N4O2/c1-18(5-6-18)17(23)20-11-15-8-12-2-3-13(9-16(12)21-15)19-10-14-4-7-24-22-14/h2-4,7-9,19,21H,5-6,10-11H2,1H3,(H,20,23). The van der Waals surface area contributed by atoms with Crippen LogP contribution in [0.4, 0.5) is 5.69 Å². The molecular weight excluding hydrogens is 304 g/mol. The van der Waals surface area contributed by atoms with Crippen LogP contribution in [-0.4, -0.2) is 16.0 Å². The number of aromatic nitrogens is 2. The van der Waals surface area contributed by atoms with Crippen molar-refractivity contribution in [3.8, 4) is 0 Å². The van der Waals surface area contributed by atoms with E-state index in [4.69, 9.17) is 4.52 Å². The van der Waals surface area contributed by atoms with E-state index >= 15 is 0 Å². The summed E-state index contributed by atoms with van der Waals surface area (Å²) in [5.41, 5.74) is 3.79. The van der Waals surface area contributed by atoms with E-state index in [-0.39, 0.29) is 11.3 Å². The van der Waals surface area contributed by atoms with Crippen molar-refractivity contribution < 1.29 is 9.32 Å². The molecule has 1 aliphatic carbocycles. The van der Waals surface area contributed by atoms with Crippen LogP contribution < -0.4 is 10.6 Å². The number of amides is 1. The van der Waals surface area contributed by atoms with Gasteiger partial charge in [0.05, 0.1) is 13.1 Å². The summed E-state index contributed by atoms with van der Waals surface area (Å²) >= 11 is 0. The molecule has 24 heavy (non-hydrogen) atoms. The molecule has 0 radical (unpaired) electrons. The van der Waals surface area contributed by atoms with Crippen LogP contribution in [0.5, 0.6) is 0 Å². The van der Waals surface area contributed by atoms with Gasteiger partial charge in [-0.2, -0.15) is 0 Å². The monoisotopic (exact) mass is 324 g/mol. The number of nitrogens with zero attached hydrogens (tertiary/aromatic N) is 1. The number of hydrogen-bond acceptors (Lipinski definition) is 4. The van der Waals surface area contributed by atoms with E-state index in [9.17, 15) is 4.79 Å². The molecule has 1 saturated carbocycles. The minimum Gasteiger partial charge on any atom is -0.379 e. The Balaban J connectivity index is 1.42.